The Kier molecular flexibility index (Phi) is 12.8. The third-order valence-corrected chi connectivity index (χ3v) is 14.7. The van der Waals surface area contributed by atoms with Crippen molar-refractivity contribution in [2.45, 2.75) is 127 Å². The van der Waals surface area contributed by atoms with Gasteiger partial charge in [-0.15, -0.1) is 11.3 Å². The van der Waals surface area contributed by atoms with Gasteiger partial charge in [0.25, 0.3) is 5.91 Å². The van der Waals surface area contributed by atoms with Crippen LogP contribution in [0.3, 0.4) is 0 Å². The topological polar surface area (TPSA) is 155 Å². The largest absolute Gasteiger partial charge is 0.465 e. The maximum Gasteiger partial charge on any atom is 0.407 e. The Bertz CT molecular complexity index is 1680. The molecule has 1 unspecified atom stereocenters. The molecule has 302 valence electrons. The van der Waals surface area contributed by atoms with E-state index in [-0.39, 0.29) is 44.4 Å². The van der Waals surface area contributed by atoms with Crippen molar-refractivity contribution in [2.75, 3.05) is 31.9 Å². The van der Waals surface area contributed by atoms with E-state index in [1.807, 2.05) is 50.5 Å². The van der Waals surface area contributed by atoms with E-state index < -0.39 is 52.4 Å². The van der Waals surface area contributed by atoms with Crippen LogP contribution in [-0.2, 0) is 20.9 Å². The van der Waals surface area contributed by atoms with Crippen molar-refractivity contribution in [3.8, 4) is 10.4 Å². The molecule has 55 heavy (non-hydrogen) atoms. The normalized spacial score (nSPS) is 27.4. The second-order valence-electron chi connectivity index (χ2n) is 16.8. The highest BCUT2D eigenvalue weighted by Gasteiger charge is 2.54. The Labute approximate surface area is 332 Å². The van der Waals surface area contributed by atoms with Crippen molar-refractivity contribution >= 4 is 46.9 Å². The number of β-amino-alcohol motifs (C(OH)–C–C–N with tert-alkyl or cyclic N) is 1. The second kappa shape index (κ2) is 17.1. The van der Waals surface area contributed by atoms with Crippen LogP contribution < -0.4 is 10.6 Å². The highest BCUT2D eigenvalue weighted by atomic mass is 32.2. The predicted molar refractivity (Wildman–Crippen MR) is 212 cm³/mol. The fraction of sp³-hybridized carbons (Fsp3) is 0.675. The number of likely N-dealkylation sites (tertiary alicyclic amines) is 1. The van der Waals surface area contributed by atoms with E-state index >= 15 is 4.39 Å². The summed E-state index contributed by atoms with van der Waals surface area (Å²) in [7, 11) is 0. The molecule has 15 heteroatoms. The lowest BCUT2D eigenvalue weighted by molar-refractivity contribution is -0.143. The molecule has 2 aliphatic heterocycles. The third-order valence-electron chi connectivity index (χ3n) is 12.1. The van der Waals surface area contributed by atoms with Crippen LogP contribution >= 0.6 is 23.1 Å². The number of carboxylic acid groups (broad SMARTS) is 1. The maximum atomic E-state index is 15.0. The average Bonchev–Trinajstić information content (AvgIpc) is 3.56. The van der Waals surface area contributed by atoms with Crippen LogP contribution in [0, 0.1) is 18.8 Å². The van der Waals surface area contributed by atoms with Crippen LogP contribution in [0.15, 0.2) is 29.8 Å². The number of aliphatic hydroxyl groups excluding tert-OH is 1. The molecule has 2 saturated carbocycles. The van der Waals surface area contributed by atoms with Gasteiger partial charge in [-0.1, -0.05) is 24.3 Å². The van der Waals surface area contributed by atoms with Crippen molar-refractivity contribution in [1.29, 1.82) is 0 Å². The Morgan fingerprint density at radius 3 is 2.25 bits per heavy atom. The summed E-state index contributed by atoms with van der Waals surface area (Å²) in [5, 5.41) is 25.9. The zero-order valence-electron chi connectivity index (χ0n) is 32.6. The number of thioether (sulfide) groups is 1. The van der Waals surface area contributed by atoms with Crippen LogP contribution in [0.25, 0.3) is 10.4 Å². The summed E-state index contributed by atoms with van der Waals surface area (Å²) in [4.78, 5) is 63.4. The molecule has 4 fully saturated rings. The number of aromatic nitrogens is 1. The van der Waals surface area contributed by atoms with Crippen LogP contribution in [0.5, 0.6) is 0 Å². The zero-order valence-corrected chi connectivity index (χ0v) is 34.3. The van der Waals surface area contributed by atoms with E-state index in [2.05, 4.69) is 34.4 Å². The number of aliphatic hydroxyl groups is 1. The number of carbonyl (C=O) groups is 4. The van der Waals surface area contributed by atoms with Gasteiger partial charge in [-0.3, -0.25) is 19.3 Å². The fourth-order valence-corrected chi connectivity index (χ4v) is 10.6. The van der Waals surface area contributed by atoms with Crippen LogP contribution in [0.4, 0.5) is 9.18 Å². The molecular formula is C40H57FN6O6S2. The van der Waals surface area contributed by atoms with Crippen molar-refractivity contribution in [3.63, 3.8) is 0 Å². The number of halogens is 1. The van der Waals surface area contributed by atoms with E-state index in [1.54, 1.807) is 23.1 Å². The molecule has 4 N–H and O–H groups in total. The lowest BCUT2D eigenvalue weighted by atomic mass is 9.82. The van der Waals surface area contributed by atoms with Crippen LogP contribution in [-0.4, -0.2) is 126 Å². The van der Waals surface area contributed by atoms with Gasteiger partial charge in [0.15, 0.2) is 5.67 Å². The van der Waals surface area contributed by atoms with E-state index in [0.29, 0.717) is 24.9 Å². The summed E-state index contributed by atoms with van der Waals surface area (Å²) in [5.41, 5.74) is 2.71. The molecule has 6 rings (SSSR count). The highest BCUT2D eigenvalue weighted by molar-refractivity contribution is 8.00. The lowest BCUT2D eigenvalue weighted by Crippen LogP contribution is -2.61. The third kappa shape index (κ3) is 9.82. The molecule has 12 nitrogen and oxygen atoms in total. The maximum absolute atomic E-state index is 15.0. The summed E-state index contributed by atoms with van der Waals surface area (Å²) < 4.78 is 14.2. The molecular weight excluding hydrogens is 744 g/mol. The number of alkyl halides is 1. The van der Waals surface area contributed by atoms with Gasteiger partial charge in [-0.05, 0) is 102 Å². The van der Waals surface area contributed by atoms with Crippen molar-refractivity contribution in [2.24, 2.45) is 11.8 Å². The first-order valence-corrected chi connectivity index (χ1v) is 21.5. The van der Waals surface area contributed by atoms with E-state index in [4.69, 9.17) is 0 Å². The van der Waals surface area contributed by atoms with Crippen molar-refractivity contribution in [1.82, 2.24) is 30.3 Å². The molecule has 4 amide bonds. The van der Waals surface area contributed by atoms with Gasteiger partial charge in [0.1, 0.15) is 12.1 Å². The van der Waals surface area contributed by atoms with Gasteiger partial charge < -0.3 is 30.6 Å². The molecule has 0 bridgehead atoms. The van der Waals surface area contributed by atoms with Gasteiger partial charge in [0.05, 0.1) is 22.2 Å². The molecule has 2 aromatic rings. The first-order valence-electron chi connectivity index (χ1n) is 19.7. The monoisotopic (exact) mass is 800 g/mol. The Morgan fingerprint density at radius 1 is 1.04 bits per heavy atom. The van der Waals surface area contributed by atoms with E-state index in [0.717, 1.165) is 59.7 Å². The molecule has 3 heterocycles. The minimum Gasteiger partial charge on any atom is -0.465 e. The number of nitrogens with one attached hydrogen (secondary N) is 2. The number of piperazine rings is 1. The quantitative estimate of drug-likeness (QED) is 0.217. The van der Waals surface area contributed by atoms with Crippen LogP contribution in [0.2, 0.25) is 0 Å². The second-order valence-corrected chi connectivity index (χ2v) is 19.4. The first kappa shape index (κ1) is 41.4. The van der Waals surface area contributed by atoms with E-state index in [9.17, 15) is 29.4 Å². The number of hydrogen-bond donors (Lipinski definition) is 4. The number of carbonyl (C=O) groups excluding carboxylic acids is 3. The highest BCUT2D eigenvalue weighted by Crippen LogP contribution is 2.42. The molecule has 1 aromatic heterocycles. The minimum absolute atomic E-state index is 0.0553. The smallest absolute Gasteiger partial charge is 0.407 e. The van der Waals surface area contributed by atoms with Crippen LogP contribution in [0.1, 0.15) is 83.9 Å². The molecule has 5 atom stereocenters. The van der Waals surface area contributed by atoms with Gasteiger partial charge >= 0.3 is 6.09 Å². The zero-order chi connectivity index (χ0) is 39.7. The summed E-state index contributed by atoms with van der Waals surface area (Å²) in [6, 6.07) is 6.14. The number of benzene rings is 1. The van der Waals surface area contributed by atoms with Gasteiger partial charge in [-0.25, -0.2) is 14.2 Å². The SMILES string of the molecule is Cc1ncsc1-c1ccc(CNC(=O)[C@@H]2C[C@@H](O)CN2C(=O)C(NC(=O)C2(F)CC2)C(C)(C)SCC2CCC(CN3[C@H](C)CN(C(=O)O)C[C@@H]3C)CC2)cc1. The Hall–Kier alpha value is -3.27. The lowest BCUT2D eigenvalue weighted by Gasteiger charge is -2.45. The number of hydrogen-bond acceptors (Lipinski definition) is 9. The summed E-state index contributed by atoms with van der Waals surface area (Å²) >= 11 is 3.16. The molecule has 4 aliphatic rings. The molecule has 0 spiro atoms. The average molecular weight is 801 g/mol. The molecule has 2 aliphatic carbocycles. The standard InChI is InChI=1S/C40H57FN6O6S2/c1-24-18-45(38(52)53)19-25(2)46(24)20-28-6-8-29(9-7-28)22-55-39(4,5)34(44-37(51)40(41)14-15-40)36(50)47-21-31(48)16-32(47)35(49)42-17-27-10-12-30(13-11-27)33-26(3)43-23-54-33/h10-13,23-25,28-29,31-32,34,48H,6-9,14-22H2,1-5H3,(H,42,49)(H,44,51)(H,52,53)/t24-,25+,28?,29?,31-,32+,34?/m1/s1. The van der Waals surface area contributed by atoms with Crippen molar-refractivity contribution in [3.05, 3.63) is 41.0 Å². The van der Waals surface area contributed by atoms with Gasteiger partial charge in [0, 0.05) is 56.0 Å². The Balaban J connectivity index is 1.06. The van der Waals surface area contributed by atoms with Gasteiger partial charge in [0.2, 0.25) is 11.8 Å². The molecule has 1 aromatic carbocycles. The number of thiazole rings is 1. The number of nitrogens with zero attached hydrogens (tertiary/aromatic N) is 4. The Morgan fingerprint density at radius 2 is 1.67 bits per heavy atom. The summed E-state index contributed by atoms with van der Waals surface area (Å²) in [5.74, 6) is 0.0139. The number of rotatable bonds is 13. The van der Waals surface area contributed by atoms with Gasteiger partial charge in [-0.2, -0.15) is 11.8 Å². The summed E-state index contributed by atoms with van der Waals surface area (Å²) in [6.07, 6.45) is 2.70. The minimum atomic E-state index is -1.98. The molecule has 0 radical (unpaired) electrons. The summed E-state index contributed by atoms with van der Waals surface area (Å²) in [6.45, 7) is 12.1. The first-order chi connectivity index (χ1) is 26.0. The number of amides is 4. The predicted octanol–water partition coefficient (Wildman–Crippen LogP) is 5.07. The number of aryl methyl sites for hydroxylation is 1. The van der Waals surface area contributed by atoms with E-state index in [1.165, 1.54) is 9.80 Å². The van der Waals surface area contributed by atoms with Crippen molar-refractivity contribution < 1.29 is 33.8 Å². The fourth-order valence-electron chi connectivity index (χ4n) is 8.43. The molecule has 2 saturated heterocycles.